The second-order valence-corrected chi connectivity index (χ2v) is 9.03. The molecule has 0 saturated carbocycles. The highest BCUT2D eigenvalue weighted by molar-refractivity contribution is 6.06. The van der Waals surface area contributed by atoms with Gasteiger partial charge < -0.3 is 25.0 Å². The molecular formula is C29H36N4O3. The number of methoxy groups -OCH3 is 2. The topological polar surface area (TPSA) is 75.7 Å². The molecule has 0 unspecified atom stereocenters. The summed E-state index contributed by atoms with van der Waals surface area (Å²) >= 11 is 0. The van der Waals surface area contributed by atoms with Crippen LogP contribution in [0.15, 0.2) is 60.9 Å². The first-order chi connectivity index (χ1) is 17.7. The lowest BCUT2D eigenvalue weighted by atomic mass is 10.1. The Hall–Kier alpha value is -3.58. The van der Waals surface area contributed by atoms with E-state index < -0.39 is 0 Å². The van der Waals surface area contributed by atoms with Gasteiger partial charge in [-0.3, -0.25) is 9.78 Å². The van der Waals surface area contributed by atoms with Gasteiger partial charge in [-0.1, -0.05) is 25.3 Å². The molecule has 1 aliphatic heterocycles. The number of nitrogens with one attached hydrogen (secondary N) is 2. The van der Waals surface area contributed by atoms with Crippen molar-refractivity contribution in [3.8, 4) is 11.5 Å². The van der Waals surface area contributed by atoms with E-state index in [-0.39, 0.29) is 5.91 Å². The summed E-state index contributed by atoms with van der Waals surface area (Å²) in [4.78, 5) is 19.6. The highest BCUT2D eigenvalue weighted by Crippen LogP contribution is 2.30. The van der Waals surface area contributed by atoms with Crippen molar-refractivity contribution < 1.29 is 14.3 Å². The number of hydrogen-bond donors (Lipinski definition) is 2. The lowest BCUT2D eigenvalue weighted by molar-refractivity contribution is 0.0986. The molecule has 7 nitrogen and oxygen atoms in total. The third-order valence-corrected chi connectivity index (χ3v) is 6.52. The van der Waals surface area contributed by atoms with Crippen LogP contribution in [0.3, 0.4) is 0 Å². The van der Waals surface area contributed by atoms with E-state index in [0.29, 0.717) is 36.7 Å². The number of nitrogens with zero attached hydrogens (tertiary/aromatic N) is 2. The summed E-state index contributed by atoms with van der Waals surface area (Å²) in [5.41, 5.74) is 4.76. The van der Waals surface area contributed by atoms with E-state index in [1.54, 1.807) is 26.6 Å². The van der Waals surface area contributed by atoms with Crippen molar-refractivity contribution in [3.05, 3.63) is 77.6 Å². The first-order valence-electron chi connectivity index (χ1n) is 12.7. The van der Waals surface area contributed by atoms with E-state index in [0.717, 1.165) is 41.9 Å². The maximum Gasteiger partial charge on any atom is 0.259 e. The Labute approximate surface area is 213 Å². The van der Waals surface area contributed by atoms with Gasteiger partial charge in [-0.2, -0.15) is 0 Å². The Morgan fingerprint density at radius 1 is 1.00 bits per heavy atom. The third-order valence-electron chi connectivity index (χ3n) is 6.52. The van der Waals surface area contributed by atoms with E-state index in [1.807, 2.05) is 35.2 Å². The first kappa shape index (κ1) is 25.5. The summed E-state index contributed by atoms with van der Waals surface area (Å²) in [5.74, 6) is 1.42. The lowest BCUT2D eigenvalue weighted by Crippen LogP contribution is -2.33. The second-order valence-electron chi connectivity index (χ2n) is 9.03. The predicted molar refractivity (Wildman–Crippen MR) is 144 cm³/mol. The molecule has 2 N–H and O–H groups in total. The SMILES string of the molecule is COc1ccc(CNc2ccc3c(c2)CNCCCCCCCN3C(=O)c2cccnc2)cc1OC. The van der Waals surface area contributed by atoms with Crippen LogP contribution in [0, 0.1) is 0 Å². The van der Waals surface area contributed by atoms with E-state index in [1.165, 1.54) is 19.3 Å². The van der Waals surface area contributed by atoms with Crippen molar-refractivity contribution in [3.63, 3.8) is 0 Å². The van der Waals surface area contributed by atoms with Crippen molar-refractivity contribution in [1.82, 2.24) is 10.3 Å². The molecule has 0 spiro atoms. The molecule has 0 aliphatic carbocycles. The number of fused-ring (bicyclic) bond motifs is 1. The number of benzene rings is 2. The Morgan fingerprint density at radius 2 is 1.83 bits per heavy atom. The molecule has 1 aromatic heterocycles. The smallest absolute Gasteiger partial charge is 0.259 e. The summed E-state index contributed by atoms with van der Waals surface area (Å²) in [6, 6.07) is 15.8. The van der Waals surface area contributed by atoms with Crippen LogP contribution in [0.25, 0.3) is 0 Å². The lowest BCUT2D eigenvalue weighted by Gasteiger charge is -2.27. The maximum atomic E-state index is 13.5. The summed E-state index contributed by atoms with van der Waals surface area (Å²) < 4.78 is 10.8. The number of hydrogen-bond acceptors (Lipinski definition) is 6. The zero-order chi connectivity index (χ0) is 25.2. The molecule has 1 aliphatic rings. The van der Waals surface area contributed by atoms with Crippen molar-refractivity contribution in [2.24, 2.45) is 0 Å². The molecule has 3 aromatic rings. The molecule has 1 amide bonds. The summed E-state index contributed by atoms with van der Waals surface area (Å²) in [6.45, 7) is 3.02. The number of pyridine rings is 1. The van der Waals surface area contributed by atoms with Gasteiger partial charge in [-0.25, -0.2) is 0 Å². The van der Waals surface area contributed by atoms with Gasteiger partial charge in [0.2, 0.25) is 0 Å². The standard InChI is InChI=1S/C29H36N4O3/c1-35-27-13-10-22(17-28(27)36-2)19-32-25-11-12-26-24(18-25)21-30-14-6-4-3-5-7-16-33(26)29(34)23-9-8-15-31-20-23/h8-13,15,17-18,20,30,32H,3-7,14,16,19,21H2,1-2H3. The van der Waals surface area contributed by atoms with Gasteiger partial charge in [-0.15, -0.1) is 0 Å². The van der Waals surface area contributed by atoms with Crippen molar-refractivity contribution in [2.75, 3.05) is 37.5 Å². The Balaban J connectivity index is 1.59. The van der Waals surface area contributed by atoms with Gasteiger partial charge in [0.15, 0.2) is 11.5 Å². The van der Waals surface area contributed by atoms with E-state index in [9.17, 15) is 4.79 Å². The number of amides is 1. The number of anilines is 2. The molecular weight excluding hydrogens is 452 g/mol. The van der Waals surface area contributed by atoms with E-state index >= 15 is 0 Å². The van der Waals surface area contributed by atoms with Crippen LogP contribution in [0.4, 0.5) is 11.4 Å². The molecule has 0 fully saturated rings. The molecule has 0 atom stereocenters. The van der Waals surface area contributed by atoms with E-state index in [2.05, 4.69) is 33.8 Å². The van der Waals surface area contributed by atoms with Crippen molar-refractivity contribution >= 4 is 17.3 Å². The number of ether oxygens (including phenoxy) is 2. The minimum absolute atomic E-state index is 0.00699. The average molecular weight is 489 g/mol. The fraction of sp³-hybridized carbons (Fsp3) is 0.379. The monoisotopic (exact) mass is 488 g/mol. The molecule has 36 heavy (non-hydrogen) atoms. The minimum atomic E-state index is -0.00699. The molecule has 2 heterocycles. The van der Waals surface area contributed by atoms with Crippen LogP contribution in [-0.2, 0) is 13.1 Å². The van der Waals surface area contributed by atoms with Gasteiger partial charge in [0.25, 0.3) is 5.91 Å². The average Bonchev–Trinajstić information content (AvgIpc) is 2.92. The predicted octanol–water partition coefficient (Wildman–Crippen LogP) is 5.41. The van der Waals surface area contributed by atoms with Gasteiger partial charge in [-0.05, 0) is 73.0 Å². The summed E-state index contributed by atoms with van der Waals surface area (Å²) in [6.07, 6.45) is 9.03. The summed E-state index contributed by atoms with van der Waals surface area (Å²) in [5, 5.41) is 7.10. The Bertz CT molecular complexity index is 1140. The first-order valence-corrected chi connectivity index (χ1v) is 12.7. The third kappa shape index (κ3) is 6.55. The number of rotatable bonds is 6. The molecule has 2 aromatic carbocycles. The van der Waals surface area contributed by atoms with Crippen LogP contribution < -0.4 is 25.0 Å². The fourth-order valence-corrected chi connectivity index (χ4v) is 4.54. The highest BCUT2D eigenvalue weighted by Gasteiger charge is 2.21. The summed E-state index contributed by atoms with van der Waals surface area (Å²) in [7, 11) is 3.28. The Morgan fingerprint density at radius 3 is 2.64 bits per heavy atom. The zero-order valence-corrected chi connectivity index (χ0v) is 21.3. The van der Waals surface area contributed by atoms with Crippen LogP contribution in [0.1, 0.15) is 53.6 Å². The largest absolute Gasteiger partial charge is 0.493 e. The van der Waals surface area contributed by atoms with Gasteiger partial charge in [0, 0.05) is 43.4 Å². The molecule has 7 heteroatoms. The van der Waals surface area contributed by atoms with Crippen molar-refractivity contribution in [2.45, 2.75) is 45.2 Å². The van der Waals surface area contributed by atoms with Crippen LogP contribution in [-0.4, -0.2) is 38.2 Å². The molecule has 190 valence electrons. The molecule has 4 rings (SSSR count). The number of carbonyl (C=O) groups excluding carboxylic acids is 1. The number of aromatic nitrogens is 1. The normalized spacial score (nSPS) is 14.7. The van der Waals surface area contributed by atoms with Gasteiger partial charge >= 0.3 is 0 Å². The Kier molecular flexibility index (Phi) is 9.16. The minimum Gasteiger partial charge on any atom is -0.493 e. The highest BCUT2D eigenvalue weighted by atomic mass is 16.5. The van der Waals surface area contributed by atoms with Crippen LogP contribution >= 0.6 is 0 Å². The fourth-order valence-electron chi connectivity index (χ4n) is 4.54. The maximum absolute atomic E-state index is 13.5. The van der Waals surface area contributed by atoms with Crippen LogP contribution in [0.5, 0.6) is 11.5 Å². The molecule has 0 radical (unpaired) electrons. The molecule has 0 bridgehead atoms. The number of carbonyl (C=O) groups is 1. The van der Waals surface area contributed by atoms with Gasteiger partial charge in [0.05, 0.1) is 19.8 Å². The second kappa shape index (κ2) is 12.9. The quantitative estimate of drug-likeness (QED) is 0.483. The zero-order valence-electron chi connectivity index (χ0n) is 21.3. The van der Waals surface area contributed by atoms with Gasteiger partial charge in [0.1, 0.15) is 0 Å². The van der Waals surface area contributed by atoms with E-state index in [4.69, 9.17) is 9.47 Å². The van der Waals surface area contributed by atoms with Crippen molar-refractivity contribution in [1.29, 1.82) is 0 Å². The molecule has 0 saturated heterocycles. The van der Waals surface area contributed by atoms with Crippen LogP contribution in [0.2, 0.25) is 0 Å².